The van der Waals surface area contributed by atoms with E-state index >= 15 is 0 Å². The van der Waals surface area contributed by atoms with Gasteiger partial charge in [0.2, 0.25) is 0 Å². The molecule has 1 heterocycles. The molecular formula is C25H26N2O9S. The highest BCUT2D eigenvalue weighted by Crippen LogP contribution is 2.30. The van der Waals surface area contributed by atoms with Crippen LogP contribution in [0.3, 0.4) is 0 Å². The molecule has 2 amide bonds. The molecule has 0 radical (unpaired) electrons. The van der Waals surface area contributed by atoms with Crippen molar-refractivity contribution in [3.63, 3.8) is 0 Å². The normalized spacial score (nSPS) is 12.0. The molecule has 0 aliphatic carbocycles. The van der Waals surface area contributed by atoms with Crippen molar-refractivity contribution in [2.75, 3.05) is 33.0 Å². The van der Waals surface area contributed by atoms with Crippen LogP contribution in [0.4, 0.5) is 0 Å². The van der Waals surface area contributed by atoms with Crippen LogP contribution in [0.5, 0.6) is 11.5 Å². The lowest BCUT2D eigenvalue weighted by atomic mass is 10.1. The number of nitrogens with zero attached hydrogens (tertiary/aromatic N) is 1. The average molecular weight is 531 g/mol. The summed E-state index contributed by atoms with van der Waals surface area (Å²) in [5.41, 5.74) is 1.57. The van der Waals surface area contributed by atoms with Crippen LogP contribution in [0.15, 0.2) is 36.4 Å². The van der Waals surface area contributed by atoms with Crippen LogP contribution in [0.25, 0.3) is 0 Å². The van der Waals surface area contributed by atoms with Crippen LogP contribution in [-0.4, -0.2) is 67.4 Å². The number of hydrogen-bond donors (Lipinski definition) is 2. The lowest BCUT2D eigenvalue weighted by molar-refractivity contribution is -0.146. The molecular weight excluding hydrogens is 504 g/mol. The smallest absolute Gasteiger partial charge is 0.344 e. The van der Waals surface area contributed by atoms with Crippen LogP contribution in [0.1, 0.15) is 50.5 Å². The number of benzene rings is 2. The maximum Gasteiger partial charge on any atom is 0.344 e. The molecule has 11 nitrogen and oxygen atoms in total. The number of carbonyl (C=O) groups excluding carboxylic acids is 5. The van der Waals surface area contributed by atoms with E-state index in [4.69, 9.17) is 18.9 Å². The number of fused-ring (bicyclic) bond motifs is 1. The maximum atomic E-state index is 13.0. The van der Waals surface area contributed by atoms with E-state index in [0.29, 0.717) is 16.7 Å². The summed E-state index contributed by atoms with van der Waals surface area (Å²) in [4.78, 5) is 62.5. The predicted molar refractivity (Wildman–Crippen MR) is 133 cm³/mol. The third-order valence-corrected chi connectivity index (χ3v) is 5.45. The highest BCUT2D eigenvalue weighted by molar-refractivity contribution is 7.78. The molecule has 1 N–H and O–H groups in total. The van der Waals surface area contributed by atoms with Crippen molar-refractivity contribution < 1.29 is 42.9 Å². The standard InChI is InChI=1S/C25H26N2O9S/c1-3-33-22(29)13-35-20-8-6-15(10-21(20)36-14-23(30)34-4-2)19(28)12-27-11-17-9-16(24(31)26-37)5-7-18(17)25(27)32/h5-10,37H,3-4,11-14H2,1-2H3,(H,26,31). The Morgan fingerprint density at radius 1 is 0.892 bits per heavy atom. The predicted octanol–water partition coefficient (Wildman–Crippen LogP) is 1.98. The molecule has 1 aliphatic rings. The van der Waals surface area contributed by atoms with Crippen LogP contribution < -0.4 is 14.2 Å². The first-order chi connectivity index (χ1) is 17.8. The third-order valence-electron chi connectivity index (χ3n) is 5.25. The van der Waals surface area contributed by atoms with Crippen molar-refractivity contribution in [3.05, 3.63) is 58.7 Å². The van der Waals surface area contributed by atoms with Gasteiger partial charge in [-0.3, -0.25) is 19.1 Å². The minimum atomic E-state index is -0.623. The first-order valence-electron chi connectivity index (χ1n) is 11.4. The molecule has 0 atom stereocenters. The highest BCUT2D eigenvalue weighted by Gasteiger charge is 2.30. The lowest BCUT2D eigenvalue weighted by Gasteiger charge is -2.16. The van der Waals surface area contributed by atoms with E-state index in [2.05, 4.69) is 17.5 Å². The molecule has 0 saturated heterocycles. The van der Waals surface area contributed by atoms with E-state index in [1.807, 2.05) is 0 Å². The van der Waals surface area contributed by atoms with Gasteiger partial charge in [0.15, 0.2) is 30.5 Å². The number of hydrogen-bond acceptors (Lipinski definition) is 10. The van der Waals surface area contributed by atoms with Gasteiger partial charge in [-0.25, -0.2) is 9.59 Å². The lowest BCUT2D eigenvalue weighted by Crippen LogP contribution is -2.30. The van der Waals surface area contributed by atoms with Crippen LogP contribution in [0.2, 0.25) is 0 Å². The zero-order valence-corrected chi connectivity index (χ0v) is 21.2. The fourth-order valence-corrected chi connectivity index (χ4v) is 3.70. The van der Waals surface area contributed by atoms with Crippen molar-refractivity contribution in [3.8, 4) is 11.5 Å². The Labute approximate surface area is 218 Å². The van der Waals surface area contributed by atoms with Crippen molar-refractivity contribution in [2.24, 2.45) is 0 Å². The SMILES string of the molecule is CCOC(=O)COc1ccc(C(=O)CN2Cc3cc(C(=O)NS)ccc3C2=O)cc1OCC(=O)OCC. The Morgan fingerprint density at radius 3 is 2.14 bits per heavy atom. The van der Waals surface area contributed by atoms with Gasteiger partial charge in [0.1, 0.15) is 0 Å². The van der Waals surface area contributed by atoms with Crippen molar-refractivity contribution in [2.45, 2.75) is 20.4 Å². The molecule has 2 aromatic carbocycles. The molecule has 0 spiro atoms. The molecule has 0 bridgehead atoms. The monoisotopic (exact) mass is 530 g/mol. The van der Waals surface area contributed by atoms with Crippen LogP contribution >= 0.6 is 12.8 Å². The molecule has 3 rings (SSSR count). The molecule has 0 fully saturated rings. The third kappa shape index (κ3) is 7.00. The van der Waals surface area contributed by atoms with Crippen molar-refractivity contribution in [1.82, 2.24) is 9.62 Å². The average Bonchev–Trinajstić information content (AvgIpc) is 3.20. The fourth-order valence-electron chi connectivity index (χ4n) is 3.57. The zero-order chi connectivity index (χ0) is 26.9. The van der Waals surface area contributed by atoms with E-state index in [9.17, 15) is 24.0 Å². The zero-order valence-electron chi connectivity index (χ0n) is 20.3. The summed E-state index contributed by atoms with van der Waals surface area (Å²) < 4.78 is 22.9. The van der Waals surface area contributed by atoms with Crippen molar-refractivity contribution in [1.29, 1.82) is 0 Å². The second kappa shape index (κ2) is 12.8. The highest BCUT2D eigenvalue weighted by atomic mass is 32.1. The number of carbonyl (C=O) groups is 5. The van der Waals surface area contributed by atoms with E-state index in [-0.39, 0.29) is 49.3 Å². The number of Topliss-reactive ketones (excluding diaryl/α,β-unsaturated/α-hetero) is 1. The first kappa shape index (κ1) is 27.5. The van der Waals surface area contributed by atoms with Gasteiger partial charge in [-0.15, -0.1) is 0 Å². The van der Waals surface area contributed by atoms with Crippen molar-refractivity contribution >= 4 is 42.4 Å². The van der Waals surface area contributed by atoms with Gasteiger partial charge in [-0.2, -0.15) is 0 Å². The second-order valence-electron chi connectivity index (χ2n) is 7.75. The molecule has 12 heteroatoms. The molecule has 37 heavy (non-hydrogen) atoms. The number of rotatable bonds is 12. The first-order valence-corrected chi connectivity index (χ1v) is 11.8. The summed E-state index contributed by atoms with van der Waals surface area (Å²) in [5, 5.41) is 0. The van der Waals surface area contributed by atoms with Crippen LogP contribution in [0, 0.1) is 0 Å². The number of esters is 2. The second-order valence-corrected chi connectivity index (χ2v) is 7.97. The Hall–Kier alpha value is -4.06. The molecule has 196 valence electrons. The summed E-state index contributed by atoms with van der Waals surface area (Å²) in [6.07, 6.45) is 0. The quantitative estimate of drug-likeness (QED) is 0.240. The summed E-state index contributed by atoms with van der Waals surface area (Å²) in [6.45, 7) is 2.74. The molecule has 1 aliphatic heterocycles. The Balaban J connectivity index is 1.75. The molecule has 0 saturated carbocycles. The minimum Gasteiger partial charge on any atom is -0.478 e. The van der Waals surface area contributed by atoms with Gasteiger partial charge in [-0.1, -0.05) is 12.8 Å². The Bertz CT molecular complexity index is 1210. The Kier molecular flexibility index (Phi) is 9.50. The fraction of sp³-hybridized carbons (Fsp3) is 0.320. The number of thiol groups is 1. The van der Waals surface area contributed by atoms with Gasteiger partial charge in [0.05, 0.1) is 19.8 Å². The molecule has 0 aromatic heterocycles. The number of ketones is 1. The van der Waals surface area contributed by atoms with E-state index in [0.717, 1.165) is 0 Å². The van der Waals surface area contributed by atoms with E-state index in [1.165, 1.54) is 35.2 Å². The summed E-state index contributed by atoms with van der Waals surface area (Å²) >= 11 is 3.75. The number of amides is 2. The topological polar surface area (TPSA) is 138 Å². The molecule has 0 unspecified atom stereocenters. The van der Waals surface area contributed by atoms with Gasteiger partial charge < -0.3 is 23.8 Å². The van der Waals surface area contributed by atoms with E-state index in [1.54, 1.807) is 19.9 Å². The van der Waals surface area contributed by atoms with Crippen LogP contribution in [-0.2, 0) is 25.6 Å². The molecule has 2 aromatic rings. The summed E-state index contributed by atoms with van der Waals surface area (Å²) in [7, 11) is 0. The number of ether oxygens (including phenoxy) is 4. The van der Waals surface area contributed by atoms with E-state index < -0.39 is 36.8 Å². The number of nitrogens with one attached hydrogen (secondary N) is 1. The summed E-state index contributed by atoms with van der Waals surface area (Å²) in [5.74, 6) is -2.20. The Morgan fingerprint density at radius 2 is 1.51 bits per heavy atom. The van der Waals surface area contributed by atoms with Gasteiger partial charge in [-0.05, 0) is 55.8 Å². The summed E-state index contributed by atoms with van der Waals surface area (Å²) in [6, 6.07) is 8.89. The largest absolute Gasteiger partial charge is 0.478 e. The van der Waals surface area contributed by atoms with Gasteiger partial charge >= 0.3 is 11.9 Å². The van der Waals surface area contributed by atoms with Gasteiger partial charge in [0.25, 0.3) is 11.8 Å². The maximum absolute atomic E-state index is 13.0. The minimum absolute atomic E-state index is 0.0432. The van der Waals surface area contributed by atoms with Gasteiger partial charge in [0, 0.05) is 23.2 Å².